The Labute approximate surface area is 175 Å². The number of ether oxygens (including phenoxy) is 4. The number of aromatic hydroxyl groups is 2. The molecule has 1 aliphatic heterocycles. The van der Waals surface area contributed by atoms with Crippen LogP contribution in [0.2, 0.25) is 0 Å². The quantitative estimate of drug-likeness (QED) is 0.420. The number of hydrogen-bond donors (Lipinski definition) is 2. The van der Waals surface area contributed by atoms with Gasteiger partial charge in [0.2, 0.25) is 11.9 Å². The Hall–Kier alpha value is -4.08. The Morgan fingerprint density at radius 2 is 1.58 bits per heavy atom. The van der Waals surface area contributed by atoms with Crippen LogP contribution in [-0.2, 0) is 19.1 Å². The highest BCUT2D eigenvalue weighted by molar-refractivity contribution is 6.07. The summed E-state index contributed by atoms with van der Waals surface area (Å²) >= 11 is 0. The van der Waals surface area contributed by atoms with Gasteiger partial charge in [-0.2, -0.15) is 0 Å². The van der Waals surface area contributed by atoms with E-state index < -0.39 is 47.4 Å². The van der Waals surface area contributed by atoms with E-state index in [1.165, 1.54) is 24.3 Å². The molecule has 0 saturated carbocycles. The average molecular weight is 430 g/mol. The van der Waals surface area contributed by atoms with Crippen molar-refractivity contribution in [2.24, 2.45) is 0 Å². The summed E-state index contributed by atoms with van der Waals surface area (Å²) in [5.41, 5.74) is 0.0316. The van der Waals surface area contributed by atoms with Crippen molar-refractivity contribution >= 4 is 23.7 Å². The number of hydrogen-bond acceptors (Lipinski definition) is 10. The summed E-state index contributed by atoms with van der Waals surface area (Å²) in [5.74, 6) is -4.17. The van der Waals surface area contributed by atoms with E-state index in [2.05, 4.69) is 0 Å². The first-order valence-corrected chi connectivity index (χ1v) is 9.01. The second kappa shape index (κ2) is 8.34. The maximum atomic E-state index is 13.3. The predicted octanol–water partition coefficient (Wildman–Crippen LogP) is 2.20. The first-order chi connectivity index (χ1) is 14.6. The van der Waals surface area contributed by atoms with E-state index >= 15 is 0 Å². The third-order valence-electron chi connectivity index (χ3n) is 4.21. The number of ketones is 1. The van der Waals surface area contributed by atoms with Crippen LogP contribution < -0.4 is 14.2 Å². The van der Waals surface area contributed by atoms with Crippen LogP contribution >= 0.6 is 0 Å². The summed E-state index contributed by atoms with van der Waals surface area (Å²) < 4.78 is 21.2. The van der Waals surface area contributed by atoms with Crippen LogP contribution in [0, 0.1) is 0 Å². The topological polar surface area (TPSA) is 146 Å². The van der Waals surface area contributed by atoms with Crippen molar-refractivity contribution in [1.29, 1.82) is 0 Å². The van der Waals surface area contributed by atoms with Crippen LogP contribution in [0.15, 0.2) is 30.3 Å². The average Bonchev–Trinajstić information content (AvgIpc) is 2.64. The molecule has 0 spiro atoms. The number of fused-ring (bicyclic) bond motifs is 1. The predicted molar refractivity (Wildman–Crippen MR) is 102 cm³/mol. The molecular formula is C21H18O10. The third kappa shape index (κ3) is 4.58. The SMILES string of the molecule is CC(=O)Oc1cc(OC(C)=O)c2c(c1)O[C@H](c1ccc(O)c(O)c1)[C@@H](OC(C)=O)C2=O. The zero-order valence-corrected chi connectivity index (χ0v) is 16.7. The lowest BCUT2D eigenvalue weighted by atomic mass is 9.92. The molecule has 0 unspecified atom stereocenters. The molecule has 1 heterocycles. The monoisotopic (exact) mass is 430 g/mol. The maximum Gasteiger partial charge on any atom is 0.308 e. The van der Waals surface area contributed by atoms with Crippen molar-refractivity contribution in [2.75, 3.05) is 0 Å². The van der Waals surface area contributed by atoms with E-state index in [1.54, 1.807) is 0 Å². The fourth-order valence-corrected chi connectivity index (χ4v) is 3.09. The molecular weight excluding hydrogens is 412 g/mol. The maximum absolute atomic E-state index is 13.3. The molecule has 10 nitrogen and oxygen atoms in total. The van der Waals surface area contributed by atoms with Crippen molar-refractivity contribution in [3.8, 4) is 28.7 Å². The van der Waals surface area contributed by atoms with E-state index in [-0.39, 0.29) is 28.4 Å². The van der Waals surface area contributed by atoms with Crippen LogP contribution in [0.4, 0.5) is 0 Å². The van der Waals surface area contributed by atoms with Crippen molar-refractivity contribution in [3.63, 3.8) is 0 Å². The summed E-state index contributed by atoms with van der Waals surface area (Å²) in [6.45, 7) is 3.38. The van der Waals surface area contributed by atoms with Gasteiger partial charge in [0.25, 0.3) is 0 Å². The highest BCUT2D eigenvalue weighted by Crippen LogP contribution is 2.44. The van der Waals surface area contributed by atoms with Crippen LogP contribution in [0.3, 0.4) is 0 Å². The van der Waals surface area contributed by atoms with E-state index in [0.29, 0.717) is 0 Å². The second-order valence-electron chi connectivity index (χ2n) is 6.66. The largest absolute Gasteiger partial charge is 0.504 e. The Balaban J connectivity index is 2.17. The van der Waals surface area contributed by atoms with Crippen molar-refractivity contribution in [3.05, 3.63) is 41.5 Å². The Kier molecular flexibility index (Phi) is 5.82. The van der Waals surface area contributed by atoms with Gasteiger partial charge in [-0.25, -0.2) is 0 Å². The van der Waals surface area contributed by atoms with Gasteiger partial charge in [-0.1, -0.05) is 6.07 Å². The van der Waals surface area contributed by atoms with Gasteiger partial charge in [0.1, 0.15) is 22.8 Å². The van der Waals surface area contributed by atoms with Crippen molar-refractivity contribution < 1.29 is 48.3 Å². The lowest BCUT2D eigenvalue weighted by Gasteiger charge is -2.33. The minimum absolute atomic E-state index is 0.0476. The Bertz CT molecular complexity index is 1090. The minimum atomic E-state index is -1.48. The summed E-state index contributed by atoms with van der Waals surface area (Å²) in [5, 5.41) is 19.4. The Morgan fingerprint density at radius 3 is 2.16 bits per heavy atom. The van der Waals surface area contributed by atoms with E-state index in [0.717, 1.165) is 26.8 Å². The van der Waals surface area contributed by atoms with Crippen LogP contribution in [0.5, 0.6) is 28.7 Å². The molecule has 2 aromatic rings. The lowest BCUT2D eigenvalue weighted by molar-refractivity contribution is -0.149. The smallest absolute Gasteiger partial charge is 0.308 e. The summed E-state index contributed by atoms with van der Waals surface area (Å²) in [4.78, 5) is 47.8. The standard InChI is InChI=1S/C21H18O10/c1-9(22)28-13-7-16(29-10(2)23)18-17(8-13)31-20(21(19(18)27)30-11(3)24)12-4-5-14(25)15(26)6-12/h4-8,20-21,25-26H,1-3H3/t20-,21+/m1/s1. The highest BCUT2D eigenvalue weighted by atomic mass is 16.6. The number of carbonyl (C=O) groups excluding carboxylic acids is 4. The molecule has 0 fully saturated rings. The number of esters is 3. The number of Topliss-reactive ketones (excluding diaryl/α,β-unsaturated/α-hetero) is 1. The fourth-order valence-electron chi connectivity index (χ4n) is 3.09. The third-order valence-corrected chi connectivity index (χ3v) is 4.21. The molecule has 0 bridgehead atoms. The van der Waals surface area contributed by atoms with E-state index in [9.17, 15) is 29.4 Å². The van der Waals surface area contributed by atoms with Gasteiger partial charge in [-0.3, -0.25) is 19.2 Å². The summed E-state index contributed by atoms with van der Waals surface area (Å²) in [7, 11) is 0. The molecule has 2 N–H and O–H groups in total. The van der Waals surface area contributed by atoms with Gasteiger partial charge in [0.05, 0.1) is 0 Å². The number of rotatable bonds is 4. The summed E-state index contributed by atoms with van der Waals surface area (Å²) in [6, 6.07) is 6.12. The molecule has 10 heteroatoms. The molecule has 0 radical (unpaired) electrons. The normalized spacial score (nSPS) is 17.2. The fraction of sp³-hybridized carbons (Fsp3) is 0.238. The van der Waals surface area contributed by atoms with Crippen LogP contribution in [-0.4, -0.2) is 40.0 Å². The number of phenols is 2. The molecule has 0 saturated heterocycles. The minimum Gasteiger partial charge on any atom is -0.504 e. The highest BCUT2D eigenvalue weighted by Gasteiger charge is 2.43. The molecule has 162 valence electrons. The van der Waals surface area contributed by atoms with E-state index in [4.69, 9.17) is 18.9 Å². The number of carbonyl (C=O) groups is 4. The number of phenolic OH excluding ortho intramolecular Hbond substituents is 2. The molecule has 1 aliphatic rings. The zero-order chi connectivity index (χ0) is 22.9. The molecule has 3 rings (SSSR count). The van der Waals surface area contributed by atoms with Gasteiger partial charge in [-0.15, -0.1) is 0 Å². The zero-order valence-electron chi connectivity index (χ0n) is 16.7. The van der Waals surface area contributed by atoms with Crippen LogP contribution in [0.1, 0.15) is 42.8 Å². The van der Waals surface area contributed by atoms with Crippen molar-refractivity contribution in [1.82, 2.24) is 0 Å². The van der Waals surface area contributed by atoms with Crippen molar-refractivity contribution in [2.45, 2.75) is 33.0 Å². The Morgan fingerprint density at radius 1 is 0.903 bits per heavy atom. The van der Waals surface area contributed by atoms with Gasteiger partial charge < -0.3 is 29.2 Å². The summed E-state index contributed by atoms with van der Waals surface area (Å²) in [6.07, 6.45) is -2.70. The lowest BCUT2D eigenvalue weighted by Crippen LogP contribution is -2.40. The molecule has 0 aromatic heterocycles. The second-order valence-corrected chi connectivity index (χ2v) is 6.66. The molecule has 0 amide bonds. The molecule has 2 aromatic carbocycles. The first-order valence-electron chi connectivity index (χ1n) is 9.01. The van der Waals surface area contributed by atoms with Gasteiger partial charge in [-0.05, 0) is 12.1 Å². The molecule has 31 heavy (non-hydrogen) atoms. The van der Waals surface area contributed by atoms with Gasteiger partial charge in [0.15, 0.2) is 17.6 Å². The van der Waals surface area contributed by atoms with Crippen LogP contribution in [0.25, 0.3) is 0 Å². The van der Waals surface area contributed by atoms with E-state index in [1.807, 2.05) is 0 Å². The van der Waals surface area contributed by atoms with Gasteiger partial charge in [0, 0.05) is 38.5 Å². The number of benzene rings is 2. The first kappa shape index (κ1) is 21.6. The molecule has 2 atom stereocenters. The molecule has 0 aliphatic carbocycles. The van der Waals surface area contributed by atoms with Gasteiger partial charge >= 0.3 is 17.9 Å².